The Morgan fingerprint density at radius 2 is 2.06 bits per heavy atom. The van der Waals surface area contributed by atoms with Gasteiger partial charge in [-0.25, -0.2) is 0 Å². The number of nitro groups is 1. The summed E-state index contributed by atoms with van der Waals surface area (Å²) < 4.78 is 5.02. The first-order valence-corrected chi connectivity index (χ1v) is 5.42. The second-order valence-corrected chi connectivity index (χ2v) is 3.85. The van der Waals surface area contributed by atoms with E-state index in [-0.39, 0.29) is 5.88 Å². The zero-order chi connectivity index (χ0) is 11.4. The molecule has 1 aliphatic rings. The van der Waals surface area contributed by atoms with Gasteiger partial charge in [0.1, 0.15) is 10.7 Å². The molecule has 0 saturated carbocycles. The van der Waals surface area contributed by atoms with E-state index in [1.54, 1.807) is 12.1 Å². The average Bonchev–Trinajstić information content (AvgIpc) is 2.76. The predicted octanol–water partition coefficient (Wildman–Crippen LogP) is 2.64. The number of nitrogens with zero attached hydrogens (tertiary/aromatic N) is 2. The standard InChI is InChI=1S/C11H14N2O3/c14-13(15)11-5-4-10(16-11)6-9-12-7-2-1-3-8-12/h4-6,9H,1-3,7-8H2. The maximum Gasteiger partial charge on any atom is 0.433 e. The minimum atomic E-state index is -0.530. The van der Waals surface area contributed by atoms with Crippen molar-refractivity contribution in [3.63, 3.8) is 0 Å². The minimum absolute atomic E-state index is 0.210. The summed E-state index contributed by atoms with van der Waals surface area (Å²) >= 11 is 0. The molecule has 1 saturated heterocycles. The number of piperidine rings is 1. The highest BCUT2D eigenvalue weighted by molar-refractivity contribution is 5.44. The number of furan rings is 1. The molecule has 0 aliphatic carbocycles. The van der Waals surface area contributed by atoms with Gasteiger partial charge in [0, 0.05) is 19.3 Å². The molecule has 5 nitrogen and oxygen atoms in total. The van der Waals surface area contributed by atoms with Gasteiger partial charge in [0.05, 0.1) is 6.07 Å². The van der Waals surface area contributed by atoms with Crippen LogP contribution in [0.25, 0.3) is 6.08 Å². The molecule has 2 heterocycles. The lowest BCUT2D eigenvalue weighted by molar-refractivity contribution is -0.402. The lowest BCUT2D eigenvalue weighted by atomic mass is 10.1. The summed E-state index contributed by atoms with van der Waals surface area (Å²) in [7, 11) is 0. The van der Waals surface area contributed by atoms with Crippen LogP contribution in [0.4, 0.5) is 5.88 Å². The van der Waals surface area contributed by atoms with E-state index in [9.17, 15) is 10.1 Å². The van der Waals surface area contributed by atoms with Gasteiger partial charge in [0.15, 0.2) is 0 Å². The third kappa shape index (κ3) is 2.62. The van der Waals surface area contributed by atoms with Gasteiger partial charge < -0.3 is 9.32 Å². The molecule has 1 fully saturated rings. The molecule has 0 radical (unpaired) electrons. The summed E-state index contributed by atoms with van der Waals surface area (Å²) in [4.78, 5) is 12.1. The van der Waals surface area contributed by atoms with Gasteiger partial charge in [0.2, 0.25) is 0 Å². The first-order chi connectivity index (χ1) is 7.75. The Labute approximate surface area is 93.5 Å². The zero-order valence-electron chi connectivity index (χ0n) is 8.96. The predicted molar refractivity (Wildman–Crippen MR) is 59.8 cm³/mol. The fraction of sp³-hybridized carbons (Fsp3) is 0.455. The minimum Gasteiger partial charge on any atom is -0.401 e. The molecule has 0 atom stereocenters. The van der Waals surface area contributed by atoms with Crippen LogP contribution in [0.1, 0.15) is 25.0 Å². The quantitative estimate of drug-likeness (QED) is 0.582. The molecular formula is C11H14N2O3. The fourth-order valence-electron chi connectivity index (χ4n) is 1.78. The molecule has 2 rings (SSSR count). The second-order valence-electron chi connectivity index (χ2n) is 3.85. The lowest BCUT2D eigenvalue weighted by Gasteiger charge is -2.24. The number of hydrogen-bond donors (Lipinski definition) is 0. The van der Waals surface area contributed by atoms with E-state index in [0.29, 0.717) is 5.76 Å². The molecule has 0 spiro atoms. The normalized spacial score (nSPS) is 16.9. The van der Waals surface area contributed by atoms with Gasteiger partial charge in [-0.05, 0) is 31.4 Å². The summed E-state index contributed by atoms with van der Waals surface area (Å²) in [6.45, 7) is 2.11. The van der Waals surface area contributed by atoms with E-state index in [1.807, 2.05) is 6.20 Å². The van der Waals surface area contributed by atoms with Gasteiger partial charge in [-0.1, -0.05) is 0 Å². The Hall–Kier alpha value is -1.78. The van der Waals surface area contributed by atoms with Crippen molar-refractivity contribution in [2.24, 2.45) is 0 Å². The molecule has 0 amide bonds. The Morgan fingerprint density at radius 3 is 2.69 bits per heavy atom. The van der Waals surface area contributed by atoms with Crippen molar-refractivity contribution < 1.29 is 9.34 Å². The van der Waals surface area contributed by atoms with Crippen LogP contribution in [-0.4, -0.2) is 22.9 Å². The molecule has 0 unspecified atom stereocenters. The number of rotatable bonds is 3. The molecular weight excluding hydrogens is 208 g/mol. The summed E-state index contributed by atoms with van der Waals surface area (Å²) in [6, 6.07) is 2.98. The maximum absolute atomic E-state index is 10.4. The van der Waals surface area contributed by atoms with E-state index in [4.69, 9.17) is 4.42 Å². The highest BCUT2D eigenvalue weighted by Gasteiger charge is 2.10. The molecule has 1 aromatic rings. The highest BCUT2D eigenvalue weighted by atomic mass is 16.6. The van der Waals surface area contributed by atoms with Crippen molar-refractivity contribution in [2.45, 2.75) is 19.3 Å². The summed E-state index contributed by atoms with van der Waals surface area (Å²) in [6.07, 6.45) is 7.43. The smallest absolute Gasteiger partial charge is 0.401 e. The van der Waals surface area contributed by atoms with Crippen molar-refractivity contribution in [2.75, 3.05) is 13.1 Å². The largest absolute Gasteiger partial charge is 0.433 e. The molecule has 16 heavy (non-hydrogen) atoms. The van der Waals surface area contributed by atoms with Gasteiger partial charge in [-0.3, -0.25) is 10.1 Å². The molecule has 1 aromatic heterocycles. The Morgan fingerprint density at radius 1 is 1.31 bits per heavy atom. The van der Waals surface area contributed by atoms with Crippen LogP contribution < -0.4 is 0 Å². The topological polar surface area (TPSA) is 59.5 Å². The van der Waals surface area contributed by atoms with Gasteiger partial charge >= 0.3 is 5.88 Å². The van der Waals surface area contributed by atoms with Gasteiger partial charge in [-0.2, -0.15) is 0 Å². The van der Waals surface area contributed by atoms with Crippen molar-refractivity contribution in [3.8, 4) is 0 Å². The summed E-state index contributed by atoms with van der Waals surface area (Å²) in [5.41, 5.74) is 0. The van der Waals surface area contributed by atoms with E-state index in [0.717, 1.165) is 13.1 Å². The van der Waals surface area contributed by atoms with Crippen molar-refractivity contribution in [3.05, 3.63) is 34.2 Å². The van der Waals surface area contributed by atoms with E-state index in [1.165, 1.54) is 25.3 Å². The molecule has 1 aliphatic heterocycles. The first-order valence-electron chi connectivity index (χ1n) is 5.42. The average molecular weight is 222 g/mol. The first kappa shape index (κ1) is 10.7. The Kier molecular flexibility index (Phi) is 3.24. The van der Waals surface area contributed by atoms with Crippen LogP contribution in [0.5, 0.6) is 0 Å². The van der Waals surface area contributed by atoms with Crippen LogP contribution in [0.3, 0.4) is 0 Å². The van der Waals surface area contributed by atoms with Gasteiger partial charge in [-0.15, -0.1) is 0 Å². The summed E-state index contributed by atoms with van der Waals surface area (Å²) in [5.74, 6) is 0.315. The fourth-order valence-corrected chi connectivity index (χ4v) is 1.78. The third-order valence-electron chi connectivity index (χ3n) is 2.63. The van der Waals surface area contributed by atoms with Crippen LogP contribution in [0, 0.1) is 10.1 Å². The maximum atomic E-state index is 10.4. The number of likely N-dealkylation sites (tertiary alicyclic amines) is 1. The molecule has 0 aromatic carbocycles. The highest BCUT2D eigenvalue weighted by Crippen LogP contribution is 2.17. The number of hydrogen-bond acceptors (Lipinski definition) is 4. The molecule has 86 valence electrons. The molecule has 0 N–H and O–H groups in total. The SMILES string of the molecule is O=[N+]([O-])c1ccc(C=CN2CCCCC2)o1. The second kappa shape index (κ2) is 4.83. The van der Waals surface area contributed by atoms with Crippen LogP contribution in [0.2, 0.25) is 0 Å². The lowest BCUT2D eigenvalue weighted by Crippen LogP contribution is -2.23. The van der Waals surface area contributed by atoms with E-state index < -0.39 is 4.92 Å². The van der Waals surface area contributed by atoms with Crippen LogP contribution in [0.15, 0.2) is 22.7 Å². The van der Waals surface area contributed by atoms with Gasteiger partial charge in [0.25, 0.3) is 0 Å². The Bertz CT molecular complexity index is 392. The van der Waals surface area contributed by atoms with Crippen molar-refractivity contribution >= 4 is 12.0 Å². The van der Waals surface area contributed by atoms with Crippen LogP contribution >= 0.6 is 0 Å². The monoisotopic (exact) mass is 222 g/mol. The van der Waals surface area contributed by atoms with Crippen molar-refractivity contribution in [1.82, 2.24) is 4.90 Å². The third-order valence-corrected chi connectivity index (χ3v) is 2.63. The molecule has 0 bridgehead atoms. The van der Waals surface area contributed by atoms with Crippen LogP contribution in [-0.2, 0) is 0 Å². The Balaban J connectivity index is 1.96. The van der Waals surface area contributed by atoms with E-state index >= 15 is 0 Å². The molecule has 5 heteroatoms. The summed E-state index contributed by atoms with van der Waals surface area (Å²) in [5, 5.41) is 10.4. The zero-order valence-corrected chi connectivity index (χ0v) is 8.96. The van der Waals surface area contributed by atoms with Crippen molar-refractivity contribution in [1.29, 1.82) is 0 Å². The van der Waals surface area contributed by atoms with E-state index in [2.05, 4.69) is 4.90 Å².